The molecule has 15 N–H and O–H groups in total. The van der Waals surface area contributed by atoms with E-state index in [2.05, 4.69) is 51.9 Å². The van der Waals surface area contributed by atoms with E-state index in [9.17, 15) is 79.5 Å². The molecule has 2 aromatic heterocycles. The van der Waals surface area contributed by atoms with Crippen molar-refractivity contribution in [1.29, 1.82) is 0 Å². The van der Waals surface area contributed by atoms with Gasteiger partial charge < -0.3 is 95.5 Å². The van der Waals surface area contributed by atoms with Crippen LogP contribution in [0, 0.1) is 11.3 Å². The lowest BCUT2D eigenvalue weighted by atomic mass is 9.47. The minimum absolute atomic E-state index is 0.000283. The van der Waals surface area contributed by atoms with E-state index in [1.54, 1.807) is 11.9 Å². The molecule has 7 aliphatic rings. The van der Waals surface area contributed by atoms with E-state index < -0.39 is 161 Å². The molecule has 0 radical (unpaired) electrons. The summed E-state index contributed by atoms with van der Waals surface area (Å²) < 4.78 is 29.5. The van der Waals surface area contributed by atoms with E-state index in [1.807, 2.05) is 62.4 Å². The first kappa shape index (κ1) is 77.9. The molecule has 11 rings (SSSR count). The minimum Gasteiger partial charge on any atom is -0.496 e. The van der Waals surface area contributed by atoms with Gasteiger partial charge >= 0.3 is 30.0 Å². The largest absolute Gasteiger partial charge is 0.496 e. The van der Waals surface area contributed by atoms with Gasteiger partial charge in [-0.25, -0.2) is 24.5 Å². The molecule has 8 heterocycles. The number of rotatable bonds is 27. The fraction of sp³-hybridized carbons (Fsp3) is 0.603. The molecule has 1 saturated carbocycles. The standard InChI is InChI=1S/C68H90N12O23S2/c1-7-64(97)28-35-29-67(62(95)100-6,52-38(14-18-78(30-35)33-64)37-12-9-10-13-41(37)70-52)40-25-39-45(27-46(40)99-5)77(4)59-66(39)16-19-79-17-11-15-65(8-2,58(66)79)60(93)68(59,98)61(94)74-75-63(96)102-22-23-104-105-32-44(55(89)90)72-53(87)42(71-54(88)43(26-47(82)83)69-34(3)81)24-36-31-80(76-73-36)20-21-101-57-50(86)48(84)49(85)51(103-57)56(91)92/h9-13,15,25,27,31,35,42-44,48-51,57-60,70,84-86,93,97-98H,7-8,14,16-24,26,28-30,32-33H2,1-6H3,(H,69,81)(H,71,88)(H,72,87)(H,74,94)(H,75,96)(H,82,83)(H,89,90)(H,91,92)/t35-,42+,43+,44+,48+,49?,50-,51?,57?,58+,59-,60-,64+,65-,66-,67+,68+/m1/s1. The monoisotopic (exact) mass is 1510 g/mol. The number of carbonyl (C=O) groups is 9. The molecular weight excluding hydrogens is 1420 g/mol. The number of nitrogens with one attached hydrogen (secondary N) is 6. The second-order valence-corrected chi connectivity index (χ2v) is 30.7. The molecule has 2 bridgehead atoms. The number of nitrogens with zero attached hydrogens (tertiary/aromatic N) is 6. The number of aromatic nitrogens is 4. The first-order valence-corrected chi connectivity index (χ1v) is 37.1. The molecule has 4 unspecified atom stereocenters. The number of aliphatic hydroxyl groups is 6. The maximum Gasteiger partial charge on any atom is 0.426 e. The van der Waals surface area contributed by atoms with Crippen molar-refractivity contribution >= 4 is 91.8 Å². The summed E-state index contributed by atoms with van der Waals surface area (Å²) in [5, 5.41) is 114. The number of likely N-dealkylation sites (N-methyl/N-ethyl adjacent to an activating group) is 1. The second-order valence-electron chi connectivity index (χ2n) is 28.0. The molecule has 37 heteroatoms. The molecule has 6 aliphatic heterocycles. The Balaban J connectivity index is 0.772. The van der Waals surface area contributed by atoms with E-state index >= 15 is 9.59 Å². The van der Waals surface area contributed by atoms with E-state index in [-0.39, 0.29) is 55.7 Å². The van der Waals surface area contributed by atoms with Gasteiger partial charge in [-0.05, 0) is 74.2 Å². The maximum atomic E-state index is 15.6. The lowest BCUT2D eigenvalue weighted by Gasteiger charge is -2.63. The van der Waals surface area contributed by atoms with Crippen molar-refractivity contribution < 1.29 is 113 Å². The maximum absolute atomic E-state index is 15.6. The fourth-order valence-corrected chi connectivity index (χ4v) is 19.4. The number of methoxy groups -OCH3 is 2. The van der Waals surface area contributed by atoms with Crippen LogP contribution in [-0.2, 0) is 87.5 Å². The number of piperidine rings is 1. The summed E-state index contributed by atoms with van der Waals surface area (Å²) in [4.78, 5) is 130. The number of carbonyl (C=O) groups excluding carboxylic acids is 6. The molecule has 35 nitrogen and oxygen atoms in total. The zero-order chi connectivity index (χ0) is 75.8. The summed E-state index contributed by atoms with van der Waals surface area (Å²) in [5.41, 5.74) is 0.930. The number of fused-ring (bicyclic) bond motifs is 6. The Labute approximate surface area is 609 Å². The smallest absolute Gasteiger partial charge is 0.426 e. The summed E-state index contributed by atoms with van der Waals surface area (Å²) in [6.45, 7) is 6.69. The number of aliphatic hydroxyl groups excluding tert-OH is 4. The van der Waals surface area contributed by atoms with Crippen molar-refractivity contribution in [2.45, 2.75) is 168 Å². The van der Waals surface area contributed by atoms with Crippen molar-refractivity contribution in [2.24, 2.45) is 11.3 Å². The number of anilines is 1. The number of aliphatic carboxylic acids is 3. The number of esters is 1. The van der Waals surface area contributed by atoms with Crippen LogP contribution >= 0.6 is 21.6 Å². The van der Waals surface area contributed by atoms with Crippen LogP contribution in [0.2, 0.25) is 0 Å². The lowest BCUT2D eigenvalue weighted by Crippen LogP contribution is -2.82. The van der Waals surface area contributed by atoms with E-state index in [0.29, 0.717) is 86.7 Å². The highest BCUT2D eigenvalue weighted by Gasteiger charge is 2.79. The van der Waals surface area contributed by atoms with Gasteiger partial charge in [0.05, 0.1) is 51.1 Å². The number of carboxylic acid groups (broad SMARTS) is 3. The third kappa shape index (κ3) is 14.5. The number of ether oxygens (including phenoxy) is 5. The highest BCUT2D eigenvalue weighted by molar-refractivity contribution is 8.76. The second kappa shape index (κ2) is 31.3. The molecule has 1 spiro atoms. The summed E-state index contributed by atoms with van der Waals surface area (Å²) >= 11 is 0. The minimum atomic E-state index is -2.70. The highest BCUT2D eigenvalue weighted by atomic mass is 33.1. The molecule has 3 saturated heterocycles. The van der Waals surface area contributed by atoms with E-state index in [4.69, 9.17) is 23.7 Å². The molecule has 4 fully saturated rings. The summed E-state index contributed by atoms with van der Waals surface area (Å²) in [5.74, 6) is -9.60. The van der Waals surface area contributed by atoms with E-state index in [1.165, 1.54) is 20.4 Å². The molecule has 18 atom stereocenters. The van der Waals surface area contributed by atoms with Gasteiger partial charge in [0.15, 0.2) is 18.0 Å². The average molecular weight is 1510 g/mol. The summed E-state index contributed by atoms with van der Waals surface area (Å²) in [7, 11) is 6.55. The van der Waals surface area contributed by atoms with Crippen molar-refractivity contribution in [3.63, 3.8) is 0 Å². The Bertz CT molecular complexity index is 4000. The van der Waals surface area contributed by atoms with Crippen molar-refractivity contribution in [3.05, 3.63) is 82.8 Å². The van der Waals surface area contributed by atoms with Crippen LogP contribution in [0.15, 0.2) is 54.7 Å². The van der Waals surface area contributed by atoms with E-state index in [0.717, 1.165) is 49.7 Å². The van der Waals surface area contributed by atoms with Gasteiger partial charge in [-0.2, -0.15) is 0 Å². The summed E-state index contributed by atoms with van der Waals surface area (Å²) in [6, 6.07) is 4.91. The van der Waals surface area contributed by atoms with Crippen molar-refractivity contribution in [3.8, 4) is 5.75 Å². The van der Waals surface area contributed by atoms with Crippen LogP contribution in [0.1, 0.15) is 87.4 Å². The SMILES string of the molecule is CC[C@]1(O)C[C@H]2CN(CCc3c([nH]c4ccccc34)[C@@](C(=O)OC)(c3cc4c(cc3OC)N(C)[C@H]3[C@@](O)(C(=O)NNC(=O)OCCSSC[C@H](NC(=O)[C@H](Cc5cn(CCOC6OC(C(=O)O)C(O)[C@H](O)[C@H]6O)nn5)NC(=O)[C@H](CC(=O)O)NC(C)=O)C(=O)O)[C@H](O)[C@]5(CC)C=CCN6CC[C@]43[C@@H]65)C2)C1. The summed E-state index contributed by atoms with van der Waals surface area (Å²) in [6.07, 6.45) is -6.39. The molecule has 2 aromatic carbocycles. The van der Waals surface area contributed by atoms with Gasteiger partial charge in [0.2, 0.25) is 17.7 Å². The normalized spacial score (nSPS) is 31.0. The van der Waals surface area contributed by atoms with Crippen molar-refractivity contribution in [1.82, 2.24) is 56.6 Å². The third-order valence-electron chi connectivity index (χ3n) is 21.9. The van der Waals surface area contributed by atoms with Gasteiger partial charge in [0.25, 0.3) is 5.91 Å². The fourth-order valence-electron chi connectivity index (χ4n) is 17.4. The first-order valence-electron chi connectivity index (χ1n) is 34.6. The zero-order valence-corrected chi connectivity index (χ0v) is 60.2. The van der Waals surface area contributed by atoms with Crippen LogP contribution in [0.4, 0.5) is 10.5 Å². The number of aromatic amines is 1. The van der Waals surface area contributed by atoms with Crippen LogP contribution in [-0.4, -0.2) is 286 Å². The Hall–Kier alpha value is -8.21. The molecule has 5 amide bonds. The highest BCUT2D eigenvalue weighted by Crippen LogP contribution is 2.68. The number of H-pyrrole nitrogens is 1. The molecule has 1 aliphatic carbocycles. The van der Waals surface area contributed by atoms with Gasteiger partial charge in [-0.15, -0.1) is 5.10 Å². The number of benzene rings is 2. The van der Waals surface area contributed by atoms with Crippen molar-refractivity contribution in [2.75, 3.05) is 83.6 Å². The number of hydrogen-bond donors (Lipinski definition) is 15. The number of hydrogen-bond acceptors (Lipinski definition) is 27. The number of carboxylic acids is 3. The molecule has 4 aromatic rings. The quantitative estimate of drug-likeness (QED) is 0.0103. The van der Waals surface area contributed by atoms with Crippen LogP contribution < -0.4 is 36.4 Å². The average Bonchev–Trinajstić information content (AvgIpc) is 1.49. The first-order chi connectivity index (χ1) is 49.9. The van der Waals surface area contributed by atoms with Crippen LogP contribution in [0.25, 0.3) is 10.9 Å². The van der Waals surface area contributed by atoms with Gasteiger partial charge in [-0.3, -0.25) is 44.0 Å². The molecular formula is C68H90N12O23S2. The van der Waals surface area contributed by atoms with Gasteiger partial charge in [0, 0.05) is 115 Å². The van der Waals surface area contributed by atoms with Gasteiger partial charge in [0.1, 0.15) is 60.3 Å². The number of hydrazine groups is 1. The Morgan fingerprint density at radius 1 is 0.848 bits per heavy atom. The Morgan fingerprint density at radius 2 is 1.59 bits per heavy atom. The Morgan fingerprint density at radius 3 is 2.29 bits per heavy atom. The predicted octanol–water partition coefficient (Wildman–Crippen LogP) is -1.84. The zero-order valence-electron chi connectivity index (χ0n) is 58.6. The third-order valence-corrected chi connectivity index (χ3v) is 24.3. The van der Waals surface area contributed by atoms with Gasteiger partial charge in [-0.1, -0.05) is 71.0 Å². The number of amides is 5. The predicted molar refractivity (Wildman–Crippen MR) is 372 cm³/mol. The topological polar surface area (TPSA) is 498 Å². The van der Waals surface area contributed by atoms with Crippen LogP contribution in [0.3, 0.4) is 0 Å². The Kier molecular flexibility index (Phi) is 23.2. The van der Waals surface area contributed by atoms with Crippen LogP contribution in [0.5, 0.6) is 5.75 Å². The molecule has 572 valence electrons. The number of para-hydroxylation sites is 1. The molecule has 105 heavy (non-hydrogen) atoms. The lowest BCUT2D eigenvalue weighted by molar-refractivity contribution is -0.294.